The summed E-state index contributed by atoms with van der Waals surface area (Å²) in [6.07, 6.45) is 0. The summed E-state index contributed by atoms with van der Waals surface area (Å²) in [7, 11) is 1.69. The lowest BCUT2D eigenvalue weighted by atomic mass is 10.0. The maximum Gasteiger partial charge on any atom is 0.120 e. The minimum Gasteiger partial charge on any atom is -0.497 e. The quantitative estimate of drug-likeness (QED) is 0.830. The number of hydrogen-bond acceptors (Lipinski definition) is 3. The third-order valence-electron chi connectivity index (χ3n) is 3.40. The summed E-state index contributed by atoms with van der Waals surface area (Å²) >= 11 is 5.53. The van der Waals surface area contributed by atoms with Crippen LogP contribution in [0.15, 0.2) is 28.7 Å². The smallest absolute Gasteiger partial charge is 0.120 e. The molecule has 1 unspecified atom stereocenters. The maximum absolute atomic E-state index is 5.27. The summed E-state index contributed by atoms with van der Waals surface area (Å²) in [6.45, 7) is 7.41. The molecule has 1 aromatic carbocycles. The summed E-state index contributed by atoms with van der Waals surface area (Å²) in [6, 6.07) is 8.66. The van der Waals surface area contributed by atoms with E-state index in [1.165, 1.54) is 20.9 Å². The second-order valence-electron chi connectivity index (χ2n) is 4.77. The van der Waals surface area contributed by atoms with Gasteiger partial charge in [-0.2, -0.15) is 0 Å². The number of nitrogens with one attached hydrogen (secondary N) is 1. The van der Waals surface area contributed by atoms with E-state index in [9.17, 15) is 0 Å². The Bertz CT molecular complexity index is 575. The summed E-state index contributed by atoms with van der Waals surface area (Å²) < 4.78 is 6.35. The third-order valence-corrected chi connectivity index (χ3v) is 5.30. The highest BCUT2D eigenvalue weighted by Crippen LogP contribution is 2.35. The molecule has 2 rings (SSSR count). The molecule has 0 fully saturated rings. The number of benzene rings is 1. The number of methoxy groups -OCH3 is 1. The zero-order chi connectivity index (χ0) is 14.7. The van der Waals surface area contributed by atoms with Crippen molar-refractivity contribution >= 4 is 27.3 Å². The van der Waals surface area contributed by atoms with Crippen molar-refractivity contribution in [1.29, 1.82) is 0 Å². The first-order valence-electron chi connectivity index (χ1n) is 6.70. The van der Waals surface area contributed by atoms with Gasteiger partial charge < -0.3 is 10.1 Å². The minimum atomic E-state index is 0.220. The Morgan fingerprint density at radius 3 is 2.55 bits per heavy atom. The van der Waals surface area contributed by atoms with E-state index in [0.717, 1.165) is 16.8 Å². The first kappa shape index (κ1) is 15.5. The fourth-order valence-electron chi connectivity index (χ4n) is 2.18. The van der Waals surface area contributed by atoms with Gasteiger partial charge in [0, 0.05) is 14.2 Å². The monoisotopic (exact) mass is 353 g/mol. The van der Waals surface area contributed by atoms with E-state index in [1.807, 2.05) is 23.5 Å². The number of hydrogen-bond donors (Lipinski definition) is 1. The lowest BCUT2D eigenvalue weighted by molar-refractivity contribution is 0.414. The first-order chi connectivity index (χ1) is 9.56. The Kier molecular flexibility index (Phi) is 5.24. The van der Waals surface area contributed by atoms with Gasteiger partial charge in [0.1, 0.15) is 5.75 Å². The summed E-state index contributed by atoms with van der Waals surface area (Å²) in [4.78, 5) is 2.74. The van der Waals surface area contributed by atoms with Gasteiger partial charge in [0.15, 0.2) is 0 Å². The molecule has 0 aliphatic heterocycles. The molecule has 1 atom stereocenters. The largest absolute Gasteiger partial charge is 0.497 e. The van der Waals surface area contributed by atoms with Crippen molar-refractivity contribution < 1.29 is 4.74 Å². The fraction of sp³-hybridized carbons (Fsp3) is 0.375. The van der Waals surface area contributed by atoms with Crippen molar-refractivity contribution in [3.63, 3.8) is 0 Å². The highest BCUT2D eigenvalue weighted by Gasteiger charge is 2.18. The Morgan fingerprint density at radius 1 is 1.30 bits per heavy atom. The lowest BCUT2D eigenvalue weighted by Gasteiger charge is -2.19. The van der Waals surface area contributed by atoms with Gasteiger partial charge in [-0.25, -0.2) is 0 Å². The van der Waals surface area contributed by atoms with E-state index in [1.54, 1.807) is 7.11 Å². The van der Waals surface area contributed by atoms with Gasteiger partial charge in [0.05, 0.1) is 13.2 Å². The van der Waals surface area contributed by atoms with Gasteiger partial charge in [-0.1, -0.05) is 28.9 Å². The van der Waals surface area contributed by atoms with Gasteiger partial charge in [-0.3, -0.25) is 0 Å². The molecule has 0 amide bonds. The zero-order valence-corrected chi connectivity index (χ0v) is 14.7. The fourth-order valence-corrected chi connectivity index (χ4v) is 3.90. The number of halogens is 1. The first-order valence-corrected chi connectivity index (χ1v) is 8.31. The van der Waals surface area contributed by atoms with E-state index >= 15 is 0 Å². The van der Waals surface area contributed by atoms with Crippen LogP contribution < -0.4 is 10.1 Å². The van der Waals surface area contributed by atoms with Crippen LogP contribution in [0.25, 0.3) is 0 Å². The van der Waals surface area contributed by atoms with Gasteiger partial charge in [0.25, 0.3) is 0 Å². The van der Waals surface area contributed by atoms with E-state index in [-0.39, 0.29) is 6.04 Å². The number of aryl methyl sites for hydroxylation is 2. The molecule has 0 radical (unpaired) electrons. The molecule has 1 aromatic heterocycles. The molecule has 108 valence electrons. The Hall–Kier alpha value is -0.840. The van der Waals surface area contributed by atoms with E-state index in [4.69, 9.17) is 4.74 Å². The Balaban J connectivity index is 2.42. The lowest BCUT2D eigenvalue weighted by Crippen LogP contribution is -2.21. The zero-order valence-electron chi connectivity index (χ0n) is 12.3. The normalized spacial score (nSPS) is 12.4. The SMILES string of the molecule is CCNC(c1cc(C)c(C)s1)c1ccc(OC)cc1Br. The topological polar surface area (TPSA) is 21.3 Å². The van der Waals surface area contributed by atoms with Crippen LogP contribution in [0.1, 0.15) is 33.8 Å². The van der Waals surface area contributed by atoms with Gasteiger partial charge in [-0.05, 0) is 49.7 Å². The molecule has 4 heteroatoms. The van der Waals surface area contributed by atoms with Crippen LogP contribution in [-0.4, -0.2) is 13.7 Å². The van der Waals surface area contributed by atoms with Crippen LogP contribution in [0.3, 0.4) is 0 Å². The molecule has 0 aliphatic carbocycles. The van der Waals surface area contributed by atoms with E-state index in [2.05, 4.69) is 54.2 Å². The van der Waals surface area contributed by atoms with Crippen LogP contribution in [0.2, 0.25) is 0 Å². The van der Waals surface area contributed by atoms with Crippen LogP contribution in [0.5, 0.6) is 5.75 Å². The minimum absolute atomic E-state index is 0.220. The molecule has 1 N–H and O–H groups in total. The van der Waals surface area contributed by atoms with Crippen LogP contribution in [0.4, 0.5) is 0 Å². The number of rotatable bonds is 5. The molecular formula is C16H20BrNOS. The van der Waals surface area contributed by atoms with Crippen molar-refractivity contribution in [2.24, 2.45) is 0 Å². The van der Waals surface area contributed by atoms with Crippen LogP contribution >= 0.6 is 27.3 Å². The molecule has 2 aromatic rings. The van der Waals surface area contributed by atoms with Gasteiger partial charge in [0.2, 0.25) is 0 Å². The molecule has 0 bridgehead atoms. The number of ether oxygens (including phenoxy) is 1. The van der Waals surface area contributed by atoms with Crippen LogP contribution in [-0.2, 0) is 0 Å². The summed E-state index contributed by atoms with van der Waals surface area (Å²) in [5.74, 6) is 0.870. The average Bonchev–Trinajstić information content (AvgIpc) is 2.76. The van der Waals surface area contributed by atoms with Gasteiger partial charge in [-0.15, -0.1) is 11.3 Å². The second kappa shape index (κ2) is 6.74. The summed E-state index contributed by atoms with van der Waals surface area (Å²) in [5, 5.41) is 3.57. The van der Waals surface area contributed by atoms with Crippen molar-refractivity contribution in [3.05, 3.63) is 49.6 Å². The van der Waals surface area contributed by atoms with Crippen LogP contribution in [0, 0.1) is 13.8 Å². The average molecular weight is 354 g/mol. The standard InChI is InChI=1S/C16H20BrNOS/c1-5-18-16(15-8-10(2)11(3)20-15)13-7-6-12(19-4)9-14(13)17/h6-9,16,18H,5H2,1-4H3. The van der Waals surface area contributed by atoms with Crippen molar-refractivity contribution in [2.45, 2.75) is 26.8 Å². The third kappa shape index (κ3) is 3.25. The predicted molar refractivity (Wildman–Crippen MR) is 90.0 cm³/mol. The molecular weight excluding hydrogens is 334 g/mol. The molecule has 2 nitrogen and oxygen atoms in total. The van der Waals surface area contributed by atoms with Gasteiger partial charge >= 0.3 is 0 Å². The highest BCUT2D eigenvalue weighted by molar-refractivity contribution is 9.10. The molecule has 20 heavy (non-hydrogen) atoms. The molecule has 1 heterocycles. The molecule has 0 saturated heterocycles. The highest BCUT2D eigenvalue weighted by atomic mass is 79.9. The van der Waals surface area contributed by atoms with Crippen molar-refractivity contribution in [2.75, 3.05) is 13.7 Å². The van der Waals surface area contributed by atoms with Crippen molar-refractivity contribution in [3.8, 4) is 5.75 Å². The predicted octanol–water partition coefficient (Wildman–Crippen LogP) is 4.83. The molecule has 0 saturated carbocycles. The summed E-state index contributed by atoms with van der Waals surface area (Å²) in [5.41, 5.74) is 2.60. The van der Waals surface area contributed by atoms with E-state index in [0.29, 0.717) is 0 Å². The molecule has 0 spiro atoms. The maximum atomic E-state index is 5.27. The number of thiophene rings is 1. The second-order valence-corrected chi connectivity index (χ2v) is 6.91. The Morgan fingerprint density at radius 2 is 2.05 bits per heavy atom. The van der Waals surface area contributed by atoms with E-state index < -0.39 is 0 Å². The molecule has 0 aliphatic rings. The Labute approximate surface area is 133 Å². The van der Waals surface area contributed by atoms with Crippen molar-refractivity contribution in [1.82, 2.24) is 5.32 Å².